The van der Waals surface area contributed by atoms with E-state index in [4.69, 9.17) is 25.8 Å². The molecule has 1 amide bonds. The number of rotatable bonds is 4. The Kier molecular flexibility index (Phi) is 5.83. The third-order valence-corrected chi connectivity index (χ3v) is 11.2. The number of ether oxygens (including phenoxy) is 3. The molecule has 0 radical (unpaired) electrons. The third kappa shape index (κ3) is 3.42. The lowest BCUT2D eigenvalue weighted by molar-refractivity contribution is -0.0256. The fraction of sp³-hybridized carbons (Fsp3) is 0.485. The number of nitrogens with zero attached hydrogens (tertiary/aromatic N) is 3. The highest BCUT2D eigenvalue weighted by atomic mass is 35.5. The number of carbonyl (C=O) groups is 1. The largest absolute Gasteiger partial charge is 0.495 e. The summed E-state index contributed by atoms with van der Waals surface area (Å²) in [5, 5.41) is 0.675. The minimum Gasteiger partial charge on any atom is -0.495 e. The van der Waals surface area contributed by atoms with Crippen LogP contribution in [-0.2, 0) is 18.3 Å². The van der Waals surface area contributed by atoms with Crippen molar-refractivity contribution in [2.24, 2.45) is 5.92 Å². The standard InChI is InChI=1S/C33H37ClN4O4/c1-18-21-17-22-23-15-19-5-7-26(41-4)30-27(19)33(22,9-10-36(23)2)31(42-30)29(21)35-28(18)32(39)38-13-11-37(12-14-38)24-16-20(34)6-8-25(24)40-3/h5-8,16,22-23,31,35H,9-15,17H2,1-4H3/t22?,23-,31-,33-/m0/s1. The van der Waals surface area contributed by atoms with Crippen LogP contribution in [-0.4, -0.2) is 80.7 Å². The predicted molar refractivity (Wildman–Crippen MR) is 162 cm³/mol. The lowest BCUT2D eigenvalue weighted by Gasteiger charge is -2.57. The van der Waals surface area contributed by atoms with E-state index in [0.717, 1.165) is 60.0 Å². The maximum atomic E-state index is 14.1. The van der Waals surface area contributed by atoms with Gasteiger partial charge in [0, 0.05) is 48.2 Å². The minimum absolute atomic E-state index is 0.0638. The number of methoxy groups -OCH3 is 2. The van der Waals surface area contributed by atoms with Crippen molar-refractivity contribution >= 4 is 23.2 Å². The molecule has 8 nitrogen and oxygen atoms in total. The summed E-state index contributed by atoms with van der Waals surface area (Å²) in [7, 11) is 5.67. The molecule has 42 heavy (non-hydrogen) atoms. The van der Waals surface area contributed by atoms with Gasteiger partial charge in [-0.25, -0.2) is 0 Å². The van der Waals surface area contributed by atoms with Gasteiger partial charge in [0.15, 0.2) is 11.5 Å². The van der Waals surface area contributed by atoms with Gasteiger partial charge in [-0.3, -0.25) is 4.79 Å². The minimum atomic E-state index is -0.139. The van der Waals surface area contributed by atoms with Crippen LogP contribution < -0.4 is 19.1 Å². The first-order chi connectivity index (χ1) is 20.3. The number of carbonyl (C=O) groups excluding carboxylic acids is 1. The second kappa shape index (κ2) is 9.32. The van der Waals surface area contributed by atoms with Crippen LogP contribution in [0.3, 0.4) is 0 Å². The topological polar surface area (TPSA) is 70.3 Å². The van der Waals surface area contributed by atoms with Crippen LogP contribution in [0.5, 0.6) is 17.2 Å². The summed E-state index contributed by atoms with van der Waals surface area (Å²) < 4.78 is 18.3. The van der Waals surface area contributed by atoms with Crippen molar-refractivity contribution in [2.75, 3.05) is 58.9 Å². The number of likely N-dealkylation sites (N-methyl/N-ethyl adjacent to an activating group) is 1. The molecule has 5 aliphatic rings. The average Bonchev–Trinajstić information content (AvgIpc) is 3.53. The Labute approximate surface area is 251 Å². The zero-order valence-electron chi connectivity index (χ0n) is 24.6. The molecule has 1 unspecified atom stereocenters. The number of piperazine rings is 1. The lowest BCUT2D eigenvalue weighted by Crippen LogP contribution is -2.62. The molecule has 3 aliphatic heterocycles. The average molecular weight is 589 g/mol. The number of halogens is 1. The second-order valence-electron chi connectivity index (χ2n) is 12.6. The van der Waals surface area contributed by atoms with Crippen molar-refractivity contribution in [1.82, 2.24) is 14.8 Å². The Morgan fingerprint density at radius 1 is 1.05 bits per heavy atom. The number of hydrogen-bond donors (Lipinski definition) is 1. The van der Waals surface area contributed by atoms with Gasteiger partial charge in [0.05, 0.1) is 25.6 Å². The number of fused-ring (bicyclic) bond motifs is 2. The van der Waals surface area contributed by atoms with Crippen LogP contribution in [0.1, 0.15) is 51.0 Å². The quantitative estimate of drug-likeness (QED) is 0.474. The van der Waals surface area contributed by atoms with Crippen LogP contribution in [0.2, 0.25) is 5.02 Å². The van der Waals surface area contributed by atoms with E-state index in [9.17, 15) is 4.79 Å². The molecule has 2 bridgehead atoms. The number of hydrogen-bond acceptors (Lipinski definition) is 6. The van der Waals surface area contributed by atoms with E-state index in [1.807, 2.05) is 23.1 Å². The van der Waals surface area contributed by atoms with Crippen LogP contribution in [0.4, 0.5) is 5.69 Å². The van der Waals surface area contributed by atoms with Crippen molar-refractivity contribution in [1.29, 1.82) is 0 Å². The molecule has 2 aliphatic carbocycles. The van der Waals surface area contributed by atoms with Crippen molar-refractivity contribution in [3.63, 3.8) is 0 Å². The molecule has 3 aromatic rings. The molecule has 1 N–H and O–H groups in total. The highest BCUT2D eigenvalue weighted by molar-refractivity contribution is 6.31. The highest BCUT2D eigenvalue weighted by Gasteiger charge is 2.65. The van der Waals surface area contributed by atoms with E-state index in [2.05, 4.69) is 40.9 Å². The Balaban J connectivity index is 1.12. The van der Waals surface area contributed by atoms with E-state index in [0.29, 0.717) is 48.9 Å². The number of aromatic amines is 1. The van der Waals surface area contributed by atoms with Crippen molar-refractivity contribution in [3.05, 3.63) is 69.0 Å². The summed E-state index contributed by atoms with van der Waals surface area (Å²) in [6.45, 7) is 5.84. The summed E-state index contributed by atoms with van der Waals surface area (Å²) in [6, 6.07) is 10.4. The molecule has 4 atom stereocenters. The Hall–Kier alpha value is -3.36. The molecule has 1 aromatic heterocycles. The SMILES string of the molecule is COc1ccc(Cl)cc1N1CCN(C(=O)c2[nH]c3c(c2C)CC2[C@@H]4Cc5ccc(OC)c6c5[C@@]2(CCN4C)[C@H]3O6)CC1. The summed E-state index contributed by atoms with van der Waals surface area (Å²) >= 11 is 6.30. The zero-order chi connectivity index (χ0) is 28.9. The summed E-state index contributed by atoms with van der Waals surface area (Å²) in [6.07, 6.45) is 2.88. The molecule has 2 fully saturated rings. The molecule has 8 rings (SSSR count). The van der Waals surface area contributed by atoms with E-state index in [-0.39, 0.29) is 17.4 Å². The van der Waals surface area contributed by atoms with Crippen LogP contribution in [0, 0.1) is 12.8 Å². The van der Waals surface area contributed by atoms with Crippen molar-refractivity contribution in [2.45, 2.75) is 43.7 Å². The number of likely N-dealkylation sites (tertiary alicyclic amines) is 1. The molecular formula is C33H37ClN4O4. The Morgan fingerprint density at radius 3 is 2.57 bits per heavy atom. The van der Waals surface area contributed by atoms with Crippen molar-refractivity contribution < 1.29 is 19.0 Å². The summed E-state index contributed by atoms with van der Waals surface area (Å²) in [4.78, 5) is 24.5. The van der Waals surface area contributed by atoms with E-state index in [1.54, 1.807) is 14.2 Å². The van der Waals surface area contributed by atoms with Gasteiger partial charge in [-0.2, -0.15) is 0 Å². The molecule has 0 saturated carbocycles. The fourth-order valence-corrected chi connectivity index (χ4v) is 9.04. The van der Waals surface area contributed by atoms with Crippen LogP contribution in [0.15, 0.2) is 30.3 Å². The van der Waals surface area contributed by atoms with Gasteiger partial charge in [0.25, 0.3) is 5.91 Å². The number of H-pyrrole nitrogens is 1. The number of piperidine rings is 1. The van der Waals surface area contributed by atoms with E-state index in [1.165, 1.54) is 16.7 Å². The van der Waals surface area contributed by atoms with Crippen molar-refractivity contribution in [3.8, 4) is 17.2 Å². The predicted octanol–water partition coefficient (Wildman–Crippen LogP) is 4.76. The van der Waals surface area contributed by atoms with Crippen LogP contribution >= 0.6 is 11.6 Å². The number of anilines is 1. The molecular weight excluding hydrogens is 552 g/mol. The highest BCUT2D eigenvalue weighted by Crippen LogP contribution is 2.67. The summed E-state index contributed by atoms with van der Waals surface area (Å²) in [5.41, 5.74) is 7.75. The molecule has 2 aromatic carbocycles. The first kappa shape index (κ1) is 26.3. The number of aromatic nitrogens is 1. The maximum Gasteiger partial charge on any atom is 0.270 e. The first-order valence-electron chi connectivity index (χ1n) is 15.0. The molecule has 220 valence electrons. The monoisotopic (exact) mass is 588 g/mol. The fourth-order valence-electron chi connectivity index (χ4n) is 8.87. The third-order valence-electron chi connectivity index (χ3n) is 11.0. The van der Waals surface area contributed by atoms with Gasteiger partial charge < -0.3 is 33.9 Å². The van der Waals surface area contributed by atoms with Gasteiger partial charge in [-0.05, 0) is 86.7 Å². The molecule has 1 spiro atoms. The zero-order valence-corrected chi connectivity index (χ0v) is 25.4. The Morgan fingerprint density at radius 2 is 1.81 bits per heavy atom. The van der Waals surface area contributed by atoms with Gasteiger partial charge in [-0.15, -0.1) is 0 Å². The van der Waals surface area contributed by atoms with E-state index >= 15 is 0 Å². The number of nitrogens with one attached hydrogen (secondary N) is 1. The Bertz CT molecular complexity index is 1610. The normalized spacial score (nSPS) is 27.3. The number of amides is 1. The molecule has 4 heterocycles. The molecule has 9 heteroatoms. The molecule has 2 saturated heterocycles. The first-order valence-corrected chi connectivity index (χ1v) is 15.4. The lowest BCUT2D eigenvalue weighted by atomic mass is 9.51. The smallest absolute Gasteiger partial charge is 0.270 e. The van der Waals surface area contributed by atoms with Gasteiger partial charge in [0.1, 0.15) is 17.5 Å². The van der Waals surface area contributed by atoms with E-state index < -0.39 is 0 Å². The number of benzene rings is 2. The maximum absolute atomic E-state index is 14.1. The summed E-state index contributed by atoms with van der Waals surface area (Å²) in [5.74, 6) is 3.01. The second-order valence-corrected chi connectivity index (χ2v) is 13.0. The van der Waals surface area contributed by atoms with Gasteiger partial charge in [0.2, 0.25) is 0 Å². The van der Waals surface area contributed by atoms with Gasteiger partial charge >= 0.3 is 0 Å². The van der Waals surface area contributed by atoms with Gasteiger partial charge in [-0.1, -0.05) is 17.7 Å². The van der Waals surface area contributed by atoms with Crippen LogP contribution in [0.25, 0.3) is 0 Å².